The molecule has 1 unspecified atom stereocenters. The molecule has 92 valence electrons. The Balaban J connectivity index is 2.24. The van der Waals surface area contributed by atoms with E-state index in [2.05, 4.69) is 22.3 Å². The van der Waals surface area contributed by atoms with E-state index in [4.69, 9.17) is 5.73 Å². The minimum Gasteiger partial charge on any atom is -0.394 e. The molecule has 2 aromatic rings. The van der Waals surface area contributed by atoms with E-state index < -0.39 is 0 Å². The number of imidazole rings is 1. The minimum absolute atomic E-state index is 0.134. The van der Waals surface area contributed by atoms with E-state index in [0.717, 1.165) is 17.9 Å². The van der Waals surface area contributed by atoms with Gasteiger partial charge in [-0.15, -0.1) is 0 Å². The molecule has 6 heteroatoms. The molecule has 0 radical (unpaired) electrons. The van der Waals surface area contributed by atoms with Crippen molar-refractivity contribution in [2.24, 2.45) is 7.05 Å². The largest absolute Gasteiger partial charge is 0.394 e. The summed E-state index contributed by atoms with van der Waals surface area (Å²) in [5.41, 5.74) is 7.53. The Morgan fingerprint density at radius 2 is 2.29 bits per heavy atom. The molecule has 0 aromatic carbocycles. The fourth-order valence-electron chi connectivity index (χ4n) is 1.84. The van der Waals surface area contributed by atoms with Crippen molar-refractivity contribution in [3.05, 3.63) is 24.4 Å². The summed E-state index contributed by atoms with van der Waals surface area (Å²) in [6.45, 7) is 4.01. The van der Waals surface area contributed by atoms with Gasteiger partial charge in [0.1, 0.15) is 12.0 Å². The highest BCUT2D eigenvalue weighted by molar-refractivity contribution is 5.64. The maximum atomic E-state index is 5.99. The van der Waals surface area contributed by atoms with Gasteiger partial charge >= 0.3 is 0 Å². The molecule has 0 fully saturated rings. The van der Waals surface area contributed by atoms with E-state index in [0.29, 0.717) is 5.69 Å². The average molecular weight is 234 g/mol. The molecule has 2 aromatic heterocycles. The highest BCUT2D eigenvalue weighted by Gasteiger charge is 2.14. The first-order chi connectivity index (χ1) is 8.13. The average Bonchev–Trinajstić information content (AvgIpc) is 2.89. The van der Waals surface area contributed by atoms with Gasteiger partial charge in [0.25, 0.3) is 0 Å². The Kier molecular flexibility index (Phi) is 3.03. The van der Waals surface area contributed by atoms with Crippen molar-refractivity contribution in [2.75, 3.05) is 11.1 Å². The fraction of sp³-hybridized carbons (Fsp3) is 0.455. The molecule has 17 heavy (non-hydrogen) atoms. The zero-order valence-corrected chi connectivity index (χ0v) is 10.4. The van der Waals surface area contributed by atoms with Crippen LogP contribution in [0.2, 0.25) is 0 Å². The van der Waals surface area contributed by atoms with E-state index >= 15 is 0 Å². The monoisotopic (exact) mass is 234 g/mol. The summed E-state index contributed by atoms with van der Waals surface area (Å²) in [6.07, 6.45) is 6.55. The molecule has 0 bridgehead atoms. The van der Waals surface area contributed by atoms with Gasteiger partial charge < -0.3 is 15.6 Å². The number of hydrogen-bond donors (Lipinski definition) is 2. The Hall–Kier alpha value is -1.98. The number of aromatic nitrogens is 4. The van der Waals surface area contributed by atoms with Crippen molar-refractivity contribution in [1.29, 1.82) is 0 Å². The lowest BCUT2D eigenvalue weighted by molar-refractivity contribution is 0.537. The first kappa shape index (κ1) is 11.5. The third kappa shape index (κ3) is 2.11. The first-order valence-electron chi connectivity index (χ1n) is 5.66. The molecule has 2 heterocycles. The summed E-state index contributed by atoms with van der Waals surface area (Å²) in [7, 11) is 1.88. The number of anilines is 2. The topological polar surface area (TPSA) is 73.7 Å². The van der Waals surface area contributed by atoms with Crippen LogP contribution in [0.5, 0.6) is 0 Å². The molecule has 0 saturated heterocycles. The number of hydrogen-bond acceptors (Lipinski definition) is 4. The second-order valence-corrected chi connectivity index (χ2v) is 4.05. The van der Waals surface area contributed by atoms with Gasteiger partial charge in [-0.2, -0.15) is 5.10 Å². The molecule has 0 aliphatic heterocycles. The molecule has 2 rings (SSSR count). The molecule has 0 aliphatic carbocycles. The molecule has 0 saturated carbocycles. The lowest BCUT2D eigenvalue weighted by Gasteiger charge is -2.19. The van der Waals surface area contributed by atoms with Crippen molar-refractivity contribution in [2.45, 2.75) is 26.4 Å². The molecule has 0 spiro atoms. The van der Waals surface area contributed by atoms with Crippen molar-refractivity contribution in [3.63, 3.8) is 0 Å². The van der Waals surface area contributed by atoms with Gasteiger partial charge in [-0.05, 0) is 13.3 Å². The highest BCUT2D eigenvalue weighted by atomic mass is 15.4. The predicted molar refractivity (Wildman–Crippen MR) is 67.5 cm³/mol. The van der Waals surface area contributed by atoms with E-state index in [1.165, 1.54) is 0 Å². The van der Waals surface area contributed by atoms with Gasteiger partial charge in [0, 0.05) is 19.4 Å². The van der Waals surface area contributed by atoms with Crippen molar-refractivity contribution < 1.29 is 0 Å². The third-order valence-corrected chi connectivity index (χ3v) is 2.84. The van der Waals surface area contributed by atoms with Crippen LogP contribution >= 0.6 is 0 Å². The van der Waals surface area contributed by atoms with Crippen LogP contribution in [0, 0.1) is 6.92 Å². The van der Waals surface area contributed by atoms with Crippen LogP contribution < -0.4 is 11.1 Å². The Bertz CT molecular complexity index is 484. The van der Waals surface area contributed by atoms with Gasteiger partial charge in [-0.1, -0.05) is 6.92 Å². The Labute approximate surface area is 100 Å². The maximum Gasteiger partial charge on any atom is 0.149 e. The summed E-state index contributed by atoms with van der Waals surface area (Å²) in [5, 5.41) is 7.67. The number of nitrogens with zero attached hydrogens (tertiary/aromatic N) is 4. The summed E-state index contributed by atoms with van der Waals surface area (Å²) >= 11 is 0. The number of nitrogen functional groups attached to an aromatic ring is 1. The first-order valence-corrected chi connectivity index (χ1v) is 5.66. The van der Waals surface area contributed by atoms with Gasteiger partial charge in [0.2, 0.25) is 0 Å². The fourth-order valence-corrected chi connectivity index (χ4v) is 1.84. The number of aryl methyl sites for hydroxylation is 2. The highest BCUT2D eigenvalue weighted by Crippen LogP contribution is 2.24. The molecule has 6 nitrogen and oxygen atoms in total. The Morgan fingerprint density at radius 3 is 2.76 bits per heavy atom. The minimum atomic E-state index is 0.134. The zero-order chi connectivity index (χ0) is 12.4. The van der Waals surface area contributed by atoms with E-state index in [9.17, 15) is 0 Å². The molecule has 3 N–H and O–H groups in total. The summed E-state index contributed by atoms with van der Waals surface area (Å²) in [6, 6.07) is 0. The lowest BCUT2D eigenvalue weighted by Crippen LogP contribution is -2.18. The quantitative estimate of drug-likeness (QED) is 0.841. The van der Waals surface area contributed by atoms with E-state index in [1.54, 1.807) is 17.2 Å². The van der Waals surface area contributed by atoms with Crippen molar-refractivity contribution >= 4 is 11.5 Å². The van der Waals surface area contributed by atoms with E-state index in [1.807, 2.05) is 24.7 Å². The van der Waals surface area contributed by atoms with Crippen LogP contribution in [-0.2, 0) is 7.05 Å². The zero-order valence-electron chi connectivity index (χ0n) is 10.4. The molecule has 0 aliphatic rings. The SMILES string of the molecule is CCC(Nc1c(N)c(C)nn1C)n1ccnc1. The molecule has 0 amide bonds. The standard InChI is InChI=1S/C11H18N6/c1-4-9(17-6-5-13-7-17)14-11-10(12)8(2)15-16(11)3/h5-7,9,14H,4,12H2,1-3H3. The second-order valence-electron chi connectivity index (χ2n) is 4.05. The third-order valence-electron chi connectivity index (χ3n) is 2.84. The van der Waals surface area contributed by atoms with Crippen LogP contribution in [0.4, 0.5) is 11.5 Å². The summed E-state index contributed by atoms with van der Waals surface area (Å²) < 4.78 is 3.78. The molecular weight excluding hydrogens is 216 g/mol. The van der Waals surface area contributed by atoms with Gasteiger partial charge in [0.05, 0.1) is 17.7 Å². The van der Waals surface area contributed by atoms with Crippen LogP contribution in [0.3, 0.4) is 0 Å². The lowest BCUT2D eigenvalue weighted by atomic mass is 10.3. The maximum absolute atomic E-state index is 5.99. The summed E-state index contributed by atoms with van der Waals surface area (Å²) in [5.74, 6) is 0.850. The van der Waals surface area contributed by atoms with Gasteiger partial charge in [-0.25, -0.2) is 4.98 Å². The van der Waals surface area contributed by atoms with Gasteiger partial charge in [-0.3, -0.25) is 4.68 Å². The van der Waals surface area contributed by atoms with Crippen molar-refractivity contribution in [3.8, 4) is 0 Å². The van der Waals surface area contributed by atoms with Crippen molar-refractivity contribution in [1.82, 2.24) is 19.3 Å². The van der Waals surface area contributed by atoms with Crippen LogP contribution in [0.1, 0.15) is 25.2 Å². The van der Waals surface area contributed by atoms with E-state index in [-0.39, 0.29) is 6.17 Å². The normalized spacial score (nSPS) is 12.6. The Morgan fingerprint density at radius 1 is 1.53 bits per heavy atom. The predicted octanol–water partition coefficient (Wildman–Crippen LogP) is 1.53. The number of nitrogens with one attached hydrogen (secondary N) is 1. The molecule has 1 atom stereocenters. The number of nitrogens with two attached hydrogens (primary N) is 1. The van der Waals surface area contributed by atoms with Crippen LogP contribution in [0.15, 0.2) is 18.7 Å². The smallest absolute Gasteiger partial charge is 0.149 e. The summed E-state index contributed by atoms with van der Waals surface area (Å²) in [4.78, 5) is 4.05. The van der Waals surface area contributed by atoms with Crippen LogP contribution in [0.25, 0.3) is 0 Å². The number of rotatable bonds is 4. The van der Waals surface area contributed by atoms with Gasteiger partial charge in [0.15, 0.2) is 0 Å². The second kappa shape index (κ2) is 4.48. The molecular formula is C11H18N6. The van der Waals surface area contributed by atoms with Crippen LogP contribution in [-0.4, -0.2) is 19.3 Å².